The Morgan fingerprint density at radius 1 is 1.09 bits per heavy atom. The fourth-order valence-electron chi connectivity index (χ4n) is 2.06. The molecule has 0 unspecified atom stereocenters. The van der Waals surface area contributed by atoms with Crippen molar-refractivity contribution in [2.75, 3.05) is 14.2 Å². The van der Waals surface area contributed by atoms with E-state index in [0.717, 1.165) is 38.9 Å². The first-order chi connectivity index (χ1) is 10.9. The van der Waals surface area contributed by atoms with Crippen LogP contribution in [0.4, 0.5) is 11.4 Å². The molecule has 23 heavy (non-hydrogen) atoms. The van der Waals surface area contributed by atoms with Crippen molar-refractivity contribution in [3.8, 4) is 22.8 Å². The molecule has 1 aromatic heterocycles. The zero-order valence-corrected chi connectivity index (χ0v) is 12.0. The Hall–Kier alpha value is -3.50. The number of methoxy groups -OCH3 is 2. The van der Waals surface area contributed by atoms with Gasteiger partial charge in [0, 0.05) is 6.07 Å². The molecule has 2 rings (SSSR count). The second-order valence-corrected chi connectivity index (χ2v) is 4.15. The van der Waals surface area contributed by atoms with Gasteiger partial charge in [0.25, 0.3) is 5.69 Å². The van der Waals surface area contributed by atoms with Gasteiger partial charge in [0.05, 0.1) is 30.3 Å². The second kappa shape index (κ2) is 6.09. The largest absolute Gasteiger partial charge is 0.618 e. The van der Waals surface area contributed by atoms with Crippen molar-refractivity contribution < 1.29 is 24.1 Å². The molecule has 0 amide bonds. The van der Waals surface area contributed by atoms with E-state index in [9.17, 15) is 25.4 Å². The van der Waals surface area contributed by atoms with E-state index in [-0.39, 0.29) is 21.9 Å². The van der Waals surface area contributed by atoms with Crippen LogP contribution in [-0.2, 0) is 0 Å². The number of hydrogen-bond donors (Lipinski definition) is 0. The quantitative estimate of drug-likeness (QED) is 0.345. The lowest BCUT2D eigenvalue weighted by Crippen LogP contribution is -2.29. The summed E-state index contributed by atoms with van der Waals surface area (Å²) < 4.78 is 10.1. The molecule has 0 aliphatic rings. The summed E-state index contributed by atoms with van der Waals surface area (Å²) in [7, 11) is 2.32. The van der Waals surface area contributed by atoms with E-state index >= 15 is 0 Å². The summed E-state index contributed by atoms with van der Waals surface area (Å²) in [6.45, 7) is 0. The summed E-state index contributed by atoms with van der Waals surface area (Å²) in [4.78, 5) is 24.7. The fraction of sp³-hybridized carbons (Fsp3) is 0.167. The number of rotatable bonds is 5. The molecular formula is C12H10N4O7. The highest BCUT2D eigenvalue weighted by Crippen LogP contribution is 2.48. The second-order valence-electron chi connectivity index (χ2n) is 4.15. The molecule has 1 heterocycles. The molecule has 0 aliphatic carbocycles. The van der Waals surface area contributed by atoms with Gasteiger partial charge in [-0.3, -0.25) is 25.2 Å². The van der Waals surface area contributed by atoms with Gasteiger partial charge >= 0.3 is 11.4 Å². The summed E-state index contributed by atoms with van der Waals surface area (Å²) >= 11 is 0. The minimum Gasteiger partial charge on any atom is -0.618 e. The molecule has 1 aromatic carbocycles. The Balaban J connectivity index is 3.03. The minimum absolute atomic E-state index is 0.237. The molecule has 0 fully saturated rings. The monoisotopic (exact) mass is 322 g/mol. The van der Waals surface area contributed by atoms with Gasteiger partial charge in [0.1, 0.15) is 6.20 Å². The molecule has 11 nitrogen and oxygen atoms in total. The molecule has 120 valence electrons. The zero-order chi connectivity index (χ0) is 17.1. The summed E-state index contributed by atoms with van der Waals surface area (Å²) in [6.07, 6.45) is 3.10. The highest BCUT2D eigenvalue weighted by molar-refractivity contribution is 5.85. The first-order valence-corrected chi connectivity index (χ1v) is 6.03. The van der Waals surface area contributed by atoms with Crippen molar-refractivity contribution in [1.29, 1.82) is 0 Å². The summed E-state index contributed by atoms with van der Waals surface area (Å²) in [5, 5.41) is 34.7. The van der Waals surface area contributed by atoms with Crippen LogP contribution in [0, 0.1) is 25.4 Å². The van der Waals surface area contributed by atoms with Crippen molar-refractivity contribution in [3.05, 3.63) is 50.1 Å². The average Bonchev–Trinajstić information content (AvgIpc) is 2.52. The standard InChI is InChI=1S/C12H10N4O7/c1-22-8-5-9(23-2)12(16(20)21)10(11(8)15(18)19)7-6-13-3-4-14(7)17/h3-6H,1-2H3. The first-order valence-electron chi connectivity index (χ1n) is 6.03. The maximum Gasteiger partial charge on any atom is 0.332 e. The Kier molecular flexibility index (Phi) is 4.21. The number of hydrogen-bond acceptors (Lipinski definition) is 8. The van der Waals surface area contributed by atoms with E-state index in [4.69, 9.17) is 9.47 Å². The van der Waals surface area contributed by atoms with Crippen LogP contribution in [0.5, 0.6) is 11.5 Å². The van der Waals surface area contributed by atoms with E-state index in [1.807, 2.05) is 0 Å². The number of aromatic nitrogens is 2. The van der Waals surface area contributed by atoms with Gasteiger partial charge in [-0.1, -0.05) is 0 Å². The number of nitrogens with zero attached hydrogens (tertiary/aromatic N) is 4. The predicted octanol–water partition coefficient (Wildman–Crippen LogP) is 1.22. The Labute approximate surface area is 128 Å². The molecule has 0 radical (unpaired) electrons. The Morgan fingerprint density at radius 2 is 1.61 bits per heavy atom. The maximum atomic E-state index is 11.9. The van der Waals surface area contributed by atoms with Crippen molar-refractivity contribution in [1.82, 2.24) is 4.98 Å². The predicted molar refractivity (Wildman–Crippen MR) is 75.0 cm³/mol. The molecule has 0 spiro atoms. The lowest BCUT2D eigenvalue weighted by molar-refractivity contribution is -0.594. The topological polar surface area (TPSA) is 145 Å². The summed E-state index contributed by atoms with van der Waals surface area (Å²) in [5.74, 6) is -0.562. The van der Waals surface area contributed by atoms with Crippen LogP contribution in [0.2, 0.25) is 0 Å². The average molecular weight is 322 g/mol. The van der Waals surface area contributed by atoms with Crippen LogP contribution in [-0.4, -0.2) is 29.1 Å². The molecule has 2 aromatic rings. The number of nitro groups is 2. The lowest BCUT2D eigenvalue weighted by atomic mass is 10.1. The van der Waals surface area contributed by atoms with Crippen LogP contribution < -0.4 is 14.2 Å². The van der Waals surface area contributed by atoms with Gasteiger partial charge in [0.2, 0.25) is 17.1 Å². The first kappa shape index (κ1) is 15.9. The molecule has 0 atom stereocenters. The van der Waals surface area contributed by atoms with E-state index in [0.29, 0.717) is 0 Å². The molecule has 11 heteroatoms. The van der Waals surface area contributed by atoms with Crippen molar-refractivity contribution in [3.63, 3.8) is 0 Å². The Bertz CT molecular complexity index is 753. The highest BCUT2D eigenvalue weighted by Gasteiger charge is 2.39. The van der Waals surface area contributed by atoms with Gasteiger partial charge in [-0.25, -0.2) is 0 Å². The summed E-state index contributed by atoms with van der Waals surface area (Å²) in [6, 6.07) is 1.02. The van der Waals surface area contributed by atoms with Crippen LogP contribution in [0.15, 0.2) is 24.7 Å². The van der Waals surface area contributed by atoms with Crippen molar-refractivity contribution >= 4 is 11.4 Å². The molecule has 0 N–H and O–H groups in total. The Morgan fingerprint density at radius 3 is 2.00 bits per heavy atom. The number of benzene rings is 1. The van der Waals surface area contributed by atoms with Crippen molar-refractivity contribution in [2.45, 2.75) is 0 Å². The van der Waals surface area contributed by atoms with Gasteiger partial charge in [0.15, 0.2) is 6.20 Å². The third kappa shape index (κ3) is 2.66. The highest BCUT2D eigenvalue weighted by atomic mass is 16.6. The van der Waals surface area contributed by atoms with Crippen LogP contribution >= 0.6 is 0 Å². The molecule has 0 aliphatic heterocycles. The number of ether oxygens (including phenoxy) is 2. The molecule has 0 saturated heterocycles. The zero-order valence-electron chi connectivity index (χ0n) is 12.0. The fourth-order valence-corrected chi connectivity index (χ4v) is 2.06. The SMILES string of the molecule is COc1cc(OC)c([N+](=O)[O-])c(-c2cncc[n+]2[O-])c1[N+](=O)[O-]. The third-order valence-corrected chi connectivity index (χ3v) is 2.99. The van der Waals surface area contributed by atoms with Crippen LogP contribution in [0.25, 0.3) is 11.3 Å². The van der Waals surface area contributed by atoms with Gasteiger partial charge in [-0.2, -0.15) is 4.73 Å². The normalized spacial score (nSPS) is 10.2. The van der Waals surface area contributed by atoms with E-state index < -0.39 is 26.8 Å². The molecule has 0 saturated carbocycles. The van der Waals surface area contributed by atoms with E-state index in [1.165, 1.54) is 0 Å². The van der Waals surface area contributed by atoms with Crippen LogP contribution in [0.3, 0.4) is 0 Å². The van der Waals surface area contributed by atoms with Crippen LogP contribution in [0.1, 0.15) is 0 Å². The van der Waals surface area contributed by atoms with Crippen molar-refractivity contribution in [2.24, 2.45) is 0 Å². The van der Waals surface area contributed by atoms with E-state index in [1.54, 1.807) is 0 Å². The molecular weight excluding hydrogens is 312 g/mol. The third-order valence-electron chi connectivity index (χ3n) is 2.99. The van der Waals surface area contributed by atoms with Gasteiger partial charge in [-0.15, -0.1) is 0 Å². The smallest absolute Gasteiger partial charge is 0.332 e. The van der Waals surface area contributed by atoms with Gasteiger partial charge in [-0.05, 0) is 0 Å². The maximum absolute atomic E-state index is 11.9. The molecule has 0 bridgehead atoms. The van der Waals surface area contributed by atoms with Gasteiger partial charge < -0.3 is 14.7 Å². The van der Waals surface area contributed by atoms with E-state index in [2.05, 4.69) is 4.98 Å². The minimum atomic E-state index is -0.867. The number of nitro benzene ring substituents is 2. The lowest BCUT2D eigenvalue weighted by Gasteiger charge is -2.11. The summed E-state index contributed by atoms with van der Waals surface area (Å²) in [5.41, 5.74) is -2.36.